The summed E-state index contributed by atoms with van der Waals surface area (Å²) in [5.74, 6) is -0.726. The number of anilines is 3. The van der Waals surface area contributed by atoms with Crippen molar-refractivity contribution in [3.05, 3.63) is 85.8 Å². The number of benzene rings is 3. The highest BCUT2D eigenvalue weighted by molar-refractivity contribution is 9.10. The number of rotatable bonds is 13. The molecule has 3 aromatic rings. The first kappa shape index (κ1) is 30.8. The van der Waals surface area contributed by atoms with Crippen LogP contribution in [0.2, 0.25) is 10.0 Å². The Morgan fingerprint density at radius 2 is 1.59 bits per heavy atom. The van der Waals surface area contributed by atoms with Gasteiger partial charge in [-0.25, -0.2) is 4.79 Å². The van der Waals surface area contributed by atoms with Crippen LogP contribution in [0.5, 0.6) is 0 Å². The van der Waals surface area contributed by atoms with E-state index in [0.717, 1.165) is 23.2 Å². The molecule has 10 heteroatoms. The Morgan fingerprint density at radius 3 is 2.28 bits per heavy atom. The lowest BCUT2D eigenvalue weighted by Crippen LogP contribution is -2.14. The number of nitrogen functional groups attached to an aromatic ring is 1. The number of carbonyl (C=O) groups excluding carboxylic acids is 2. The molecule has 0 aliphatic carbocycles. The molecule has 0 aromatic heterocycles. The zero-order valence-corrected chi connectivity index (χ0v) is 25.0. The van der Waals surface area contributed by atoms with E-state index in [1.165, 1.54) is 0 Å². The summed E-state index contributed by atoms with van der Waals surface area (Å²) < 4.78 is 11.5. The second kappa shape index (κ2) is 15.1. The lowest BCUT2D eigenvalue weighted by molar-refractivity contribution is -0.142. The molecule has 0 spiro atoms. The maximum atomic E-state index is 12.5. The Labute approximate surface area is 247 Å². The van der Waals surface area contributed by atoms with Crippen molar-refractivity contribution in [1.82, 2.24) is 4.90 Å². The quantitative estimate of drug-likeness (QED) is 0.116. The first-order valence-electron chi connectivity index (χ1n) is 12.5. The van der Waals surface area contributed by atoms with Crippen molar-refractivity contribution in [3.63, 3.8) is 0 Å². The number of ether oxygens (including phenoxy) is 2. The van der Waals surface area contributed by atoms with E-state index in [-0.39, 0.29) is 25.6 Å². The number of nitrogens with zero attached hydrogens (tertiary/aromatic N) is 1. The van der Waals surface area contributed by atoms with Crippen molar-refractivity contribution in [2.75, 3.05) is 38.4 Å². The largest absolute Gasteiger partial charge is 0.465 e. The fourth-order valence-corrected chi connectivity index (χ4v) is 4.83. The molecule has 0 amide bonds. The smallest absolute Gasteiger partial charge is 0.338 e. The monoisotopic (exact) mass is 635 g/mol. The number of nitrogens with two attached hydrogens (primary N) is 1. The summed E-state index contributed by atoms with van der Waals surface area (Å²) in [5, 5.41) is 4.19. The van der Waals surface area contributed by atoms with Gasteiger partial charge in [-0.3, -0.25) is 4.79 Å². The highest BCUT2D eigenvalue weighted by Gasteiger charge is 2.14. The second-order valence-corrected chi connectivity index (χ2v) is 10.9. The molecule has 3 aromatic carbocycles. The Morgan fingerprint density at radius 1 is 0.923 bits per heavy atom. The number of carbonyl (C=O) groups is 2. The van der Waals surface area contributed by atoms with Crippen LogP contribution >= 0.6 is 39.1 Å². The van der Waals surface area contributed by atoms with Gasteiger partial charge < -0.3 is 25.4 Å². The van der Waals surface area contributed by atoms with Gasteiger partial charge in [0.2, 0.25) is 0 Å². The molecule has 0 unspecified atom stereocenters. The lowest BCUT2D eigenvalue weighted by Gasteiger charge is -2.15. The van der Waals surface area contributed by atoms with Crippen molar-refractivity contribution in [2.45, 2.75) is 32.2 Å². The van der Waals surface area contributed by atoms with E-state index in [0.29, 0.717) is 50.8 Å². The van der Waals surface area contributed by atoms with Gasteiger partial charge in [-0.2, -0.15) is 0 Å². The molecule has 7 nitrogen and oxygen atoms in total. The van der Waals surface area contributed by atoms with Gasteiger partial charge in [0.1, 0.15) is 0 Å². The normalized spacial score (nSPS) is 10.9. The van der Waals surface area contributed by atoms with Crippen LogP contribution in [0.15, 0.2) is 59.1 Å². The van der Waals surface area contributed by atoms with E-state index in [1.807, 2.05) is 43.3 Å². The van der Waals surface area contributed by atoms with Crippen LogP contribution in [-0.2, 0) is 27.2 Å². The van der Waals surface area contributed by atoms with Gasteiger partial charge in [-0.05, 0) is 90.7 Å². The van der Waals surface area contributed by atoms with E-state index in [4.69, 9.17) is 38.4 Å². The van der Waals surface area contributed by atoms with E-state index in [1.54, 1.807) is 30.3 Å². The minimum Gasteiger partial charge on any atom is -0.465 e. The summed E-state index contributed by atoms with van der Waals surface area (Å²) in [5.41, 5.74) is 10.1. The maximum absolute atomic E-state index is 12.5. The van der Waals surface area contributed by atoms with Crippen LogP contribution in [0.25, 0.3) is 0 Å². The number of unbranched alkanes of at least 4 members (excludes halogenated alkanes) is 2. The highest BCUT2D eigenvalue weighted by atomic mass is 79.9. The molecule has 3 N–H and O–H groups in total. The molecular weight excluding hydrogens is 605 g/mol. The summed E-state index contributed by atoms with van der Waals surface area (Å²) in [6.45, 7) is 1.18. The van der Waals surface area contributed by atoms with Gasteiger partial charge in [-0.1, -0.05) is 47.5 Å². The number of hydrogen-bond donors (Lipinski definition) is 2. The fourth-order valence-electron chi connectivity index (χ4n) is 3.83. The van der Waals surface area contributed by atoms with Gasteiger partial charge in [0.25, 0.3) is 0 Å². The van der Waals surface area contributed by atoms with Crippen LogP contribution in [0.1, 0.15) is 40.7 Å². The molecule has 0 bridgehead atoms. The van der Waals surface area contributed by atoms with Crippen molar-refractivity contribution in [2.24, 2.45) is 0 Å². The molecule has 208 valence electrons. The Kier molecular flexibility index (Phi) is 11.9. The van der Waals surface area contributed by atoms with Crippen molar-refractivity contribution >= 4 is 68.1 Å². The zero-order chi connectivity index (χ0) is 28.4. The minimum absolute atomic E-state index is 0.107. The summed E-state index contributed by atoms with van der Waals surface area (Å²) in [6, 6.07) is 16.1. The van der Waals surface area contributed by atoms with Crippen LogP contribution in [-0.4, -0.2) is 44.1 Å². The molecule has 0 radical (unpaired) electrons. The molecule has 0 aliphatic heterocycles. The Hall–Kier alpha value is -2.78. The predicted octanol–water partition coefficient (Wildman–Crippen LogP) is 7.26. The predicted molar refractivity (Wildman–Crippen MR) is 161 cm³/mol. The van der Waals surface area contributed by atoms with Gasteiger partial charge in [0.15, 0.2) is 0 Å². The van der Waals surface area contributed by atoms with Gasteiger partial charge in [0, 0.05) is 16.7 Å². The number of para-hydroxylation sites is 2. The summed E-state index contributed by atoms with van der Waals surface area (Å²) in [4.78, 5) is 26.9. The Bertz CT molecular complexity index is 1280. The topological polar surface area (TPSA) is 93.9 Å². The molecule has 39 heavy (non-hydrogen) atoms. The van der Waals surface area contributed by atoms with Gasteiger partial charge >= 0.3 is 11.9 Å². The molecule has 3 rings (SSSR count). The molecule has 0 atom stereocenters. The standard InChI is InChI=1S/C29H32BrCl2N3O4/c1-35(2)18-21-15-20(16-22(30)27(21)33)29(37)39-14-7-3-6-13-38-26(36)17-19-9-4-5-12-25(19)34-28-23(31)10-8-11-24(28)32/h4-5,8-12,15-16,34H,3,6-7,13-14,17-18,33H2,1-2H3. The first-order valence-corrected chi connectivity index (χ1v) is 14.0. The molecule has 0 fully saturated rings. The molecule has 0 heterocycles. The molecule has 0 saturated heterocycles. The summed E-state index contributed by atoms with van der Waals surface area (Å²) in [7, 11) is 3.87. The Balaban J connectivity index is 1.39. The van der Waals surface area contributed by atoms with Crippen molar-refractivity contribution in [1.29, 1.82) is 0 Å². The van der Waals surface area contributed by atoms with E-state index in [9.17, 15) is 9.59 Å². The third-order valence-corrected chi connectivity index (χ3v) is 7.08. The average Bonchev–Trinajstić information content (AvgIpc) is 2.88. The minimum atomic E-state index is -0.396. The van der Waals surface area contributed by atoms with E-state index < -0.39 is 5.97 Å². The third kappa shape index (κ3) is 9.42. The lowest BCUT2D eigenvalue weighted by atomic mass is 10.1. The molecular formula is C29H32BrCl2N3O4. The summed E-state index contributed by atoms with van der Waals surface area (Å²) in [6.07, 6.45) is 2.19. The van der Waals surface area contributed by atoms with Crippen LogP contribution < -0.4 is 11.1 Å². The number of esters is 2. The highest BCUT2D eigenvalue weighted by Crippen LogP contribution is 2.33. The third-order valence-electron chi connectivity index (χ3n) is 5.80. The SMILES string of the molecule is CN(C)Cc1cc(C(=O)OCCCCCOC(=O)Cc2ccccc2Nc2c(Cl)cccc2Cl)cc(Br)c1N. The van der Waals surface area contributed by atoms with E-state index in [2.05, 4.69) is 21.2 Å². The fraction of sp³-hybridized carbons (Fsp3) is 0.310. The number of hydrogen-bond acceptors (Lipinski definition) is 7. The van der Waals surface area contributed by atoms with Gasteiger partial charge in [0.05, 0.1) is 46.6 Å². The molecule has 0 saturated carbocycles. The average molecular weight is 637 g/mol. The van der Waals surface area contributed by atoms with Crippen LogP contribution in [0.3, 0.4) is 0 Å². The summed E-state index contributed by atoms with van der Waals surface area (Å²) >= 11 is 15.9. The maximum Gasteiger partial charge on any atom is 0.338 e. The van der Waals surface area contributed by atoms with Gasteiger partial charge in [-0.15, -0.1) is 0 Å². The van der Waals surface area contributed by atoms with Crippen molar-refractivity contribution < 1.29 is 19.1 Å². The first-order chi connectivity index (χ1) is 18.7. The number of halogens is 3. The van der Waals surface area contributed by atoms with Crippen LogP contribution in [0, 0.1) is 0 Å². The number of nitrogens with one attached hydrogen (secondary N) is 1. The van der Waals surface area contributed by atoms with Crippen LogP contribution in [0.4, 0.5) is 17.1 Å². The van der Waals surface area contributed by atoms with E-state index >= 15 is 0 Å². The zero-order valence-electron chi connectivity index (χ0n) is 21.9. The second-order valence-electron chi connectivity index (χ2n) is 9.24. The molecule has 0 aliphatic rings. The van der Waals surface area contributed by atoms with Crippen molar-refractivity contribution in [3.8, 4) is 0 Å².